The maximum atomic E-state index is 5.90. The Hall–Kier alpha value is -0.120. The van der Waals surface area contributed by atoms with Crippen LogP contribution in [0.2, 0.25) is 0 Å². The highest BCUT2D eigenvalue weighted by atomic mass is 15.3. The second kappa shape index (κ2) is 3.32. The molecule has 0 bridgehead atoms. The first-order chi connectivity index (χ1) is 5.46. The fourth-order valence-electron chi connectivity index (χ4n) is 1.92. The summed E-state index contributed by atoms with van der Waals surface area (Å²) in [4.78, 5) is 2.36. The summed E-state index contributed by atoms with van der Waals surface area (Å²) >= 11 is 0. The zero-order valence-electron chi connectivity index (χ0n) is 8.59. The van der Waals surface area contributed by atoms with Crippen LogP contribution in [0.25, 0.3) is 0 Å². The summed E-state index contributed by atoms with van der Waals surface area (Å²) in [6, 6.07) is 0.511. The Bertz CT molecular complexity index is 154. The molecule has 3 heteroatoms. The molecule has 0 aromatic carbocycles. The summed E-state index contributed by atoms with van der Waals surface area (Å²) in [6.07, 6.45) is 0.157. The van der Waals surface area contributed by atoms with E-state index in [0.29, 0.717) is 6.04 Å². The molecule has 0 aliphatic carbocycles. The Kier molecular flexibility index (Phi) is 2.76. The van der Waals surface area contributed by atoms with E-state index in [-0.39, 0.29) is 11.7 Å². The Balaban J connectivity index is 2.72. The van der Waals surface area contributed by atoms with Crippen molar-refractivity contribution in [3.05, 3.63) is 0 Å². The Morgan fingerprint density at radius 1 is 1.58 bits per heavy atom. The number of hydrogen-bond donors (Lipinski definition) is 2. The average Bonchev–Trinajstić information content (AvgIpc) is 1.94. The van der Waals surface area contributed by atoms with Crippen molar-refractivity contribution in [2.75, 3.05) is 13.1 Å². The van der Waals surface area contributed by atoms with Crippen molar-refractivity contribution >= 4 is 0 Å². The van der Waals surface area contributed by atoms with Crippen LogP contribution < -0.4 is 11.1 Å². The van der Waals surface area contributed by atoms with Gasteiger partial charge in [-0.3, -0.25) is 4.90 Å². The van der Waals surface area contributed by atoms with Gasteiger partial charge in [0.05, 0.1) is 6.17 Å². The minimum Gasteiger partial charge on any atom is -0.316 e. The van der Waals surface area contributed by atoms with Gasteiger partial charge in [0, 0.05) is 24.7 Å². The van der Waals surface area contributed by atoms with Crippen LogP contribution in [0, 0.1) is 0 Å². The molecule has 3 nitrogen and oxygen atoms in total. The molecule has 1 saturated heterocycles. The Labute approximate surface area is 75.3 Å². The van der Waals surface area contributed by atoms with Crippen LogP contribution in [0.4, 0.5) is 0 Å². The van der Waals surface area contributed by atoms with E-state index in [1.54, 1.807) is 0 Å². The summed E-state index contributed by atoms with van der Waals surface area (Å²) in [5, 5.41) is 3.46. The zero-order valence-corrected chi connectivity index (χ0v) is 8.59. The molecule has 72 valence electrons. The van der Waals surface area contributed by atoms with Gasteiger partial charge in [0.2, 0.25) is 0 Å². The minimum atomic E-state index is 0.157. The first-order valence-corrected chi connectivity index (χ1v) is 4.72. The molecule has 1 rings (SSSR count). The van der Waals surface area contributed by atoms with Gasteiger partial charge in [-0.1, -0.05) is 0 Å². The normalized spacial score (nSPS) is 33.2. The summed E-state index contributed by atoms with van der Waals surface area (Å²) < 4.78 is 0. The predicted octanol–water partition coefficient (Wildman–Crippen LogP) is 0.363. The molecule has 0 aromatic heterocycles. The van der Waals surface area contributed by atoms with Gasteiger partial charge in [-0.25, -0.2) is 0 Å². The fraction of sp³-hybridized carbons (Fsp3) is 1.00. The first-order valence-electron chi connectivity index (χ1n) is 4.72. The van der Waals surface area contributed by atoms with E-state index >= 15 is 0 Å². The average molecular weight is 171 g/mol. The van der Waals surface area contributed by atoms with Crippen molar-refractivity contribution in [2.45, 2.75) is 45.4 Å². The molecular formula is C9H21N3. The van der Waals surface area contributed by atoms with E-state index in [1.807, 2.05) is 0 Å². The van der Waals surface area contributed by atoms with E-state index in [2.05, 4.69) is 37.9 Å². The van der Waals surface area contributed by atoms with Gasteiger partial charge in [0.15, 0.2) is 0 Å². The monoisotopic (exact) mass is 171 g/mol. The maximum absolute atomic E-state index is 5.90. The lowest BCUT2D eigenvalue weighted by Crippen LogP contribution is -2.66. The van der Waals surface area contributed by atoms with Crippen molar-refractivity contribution < 1.29 is 0 Å². The third-order valence-corrected chi connectivity index (χ3v) is 3.09. The van der Waals surface area contributed by atoms with Crippen LogP contribution in [0.5, 0.6) is 0 Å². The number of nitrogens with zero attached hydrogens (tertiary/aromatic N) is 1. The number of nitrogens with two attached hydrogens (primary N) is 1. The molecule has 2 unspecified atom stereocenters. The summed E-state index contributed by atoms with van der Waals surface area (Å²) in [5.74, 6) is 0. The van der Waals surface area contributed by atoms with E-state index in [0.717, 1.165) is 13.1 Å². The van der Waals surface area contributed by atoms with E-state index in [9.17, 15) is 0 Å². The van der Waals surface area contributed by atoms with Gasteiger partial charge >= 0.3 is 0 Å². The highest BCUT2D eigenvalue weighted by molar-refractivity contribution is 4.95. The quantitative estimate of drug-likeness (QED) is 0.598. The lowest BCUT2D eigenvalue weighted by atomic mass is 9.91. The third kappa shape index (κ3) is 1.63. The van der Waals surface area contributed by atoms with Gasteiger partial charge < -0.3 is 11.1 Å². The van der Waals surface area contributed by atoms with E-state index < -0.39 is 0 Å². The molecule has 0 spiro atoms. The van der Waals surface area contributed by atoms with Gasteiger partial charge in [-0.2, -0.15) is 0 Å². The highest BCUT2D eigenvalue weighted by Gasteiger charge is 2.36. The van der Waals surface area contributed by atoms with Crippen molar-refractivity contribution in [1.29, 1.82) is 0 Å². The van der Waals surface area contributed by atoms with Crippen LogP contribution >= 0.6 is 0 Å². The fourth-order valence-corrected chi connectivity index (χ4v) is 1.92. The molecular weight excluding hydrogens is 150 g/mol. The standard InChI is InChI=1S/C9H21N3/c1-7-9(3,4)12(8(2)10)6-5-11-7/h7-8,11H,5-6,10H2,1-4H3. The van der Waals surface area contributed by atoms with Gasteiger partial charge in [0.25, 0.3) is 0 Å². The molecule has 1 fully saturated rings. The van der Waals surface area contributed by atoms with Crippen molar-refractivity contribution in [3.8, 4) is 0 Å². The molecule has 2 atom stereocenters. The largest absolute Gasteiger partial charge is 0.316 e. The van der Waals surface area contributed by atoms with Crippen LogP contribution in [0.3, 0.4) is 0 Å². The SMILES string of the molecule is CC(N)N1CCNC(C)C1(C)C. The van der Waals surface area contributed by atoms with Gasteiger partial charge in [-0.15, -0.1) is 0 Å². The lowest BCUT2D eigenvalue weighted by Gasteiger charge is -2.49. The number of rotatable bonds is 1. The number of nitrogens with one attached hydrogen (secondary N) is 1. The summed E-state index contributed by atoms with van der Waals surface area (Å²) in [7, 11) is 0. The molecule has 0 radical (unpaired) electrons. The minimum absolute atomic E-state index is 0.157. The zero-order chi connectivity index (χ0) is 9.35. The lowest BCUT2D eigenvalue weighted by molar-refractivity contribution is 0.0241. The number of hydrogen-bond acceptors (Lipinski definition) is 3. The second-order valence-corrected chi connectivity index (χ2v) is 4.26. The topological polar surface area (TPSA) is 41.3 Å². The molecule has 12 heavy (non-hydrogen) atoms. The van der Waals surface area contributed by atoms with Crippen molar-refractivity contribution in [2.24, 2.45) is 5.73 Å². The van der Waals surface area contributed by atoms with E-state index in [4.69, 9.17) is 5.73 Å². The van der Waals surface area contributed by atoms with Gasteiger partial charge in [0.1, 0.15) is 0 Å². The molecule has 1 aliphatic heterocycles. The molecule has 1 heterocycles. The molecule has 0 amide bonds. The van der Waals surface area contributed by atoms with E-state index in [1.165, 1.54) is 0 Å². The predicted molar refractivity (Wildman–Crippen MR) is 51.9 cm³/mol. The molecule has 3 N–H and O–H groups in total. The van der Waals surface area contributed by atoms with Crippen LogP contribution in [0.1, 0.15) is 27.7 Å². The maximum Gasteiger partial charge on any atom is 0.0548 e. The van der Waals surface area contributed by atoms with Crippen LogP contribution in [-0.2, 0) is 0 Å². The summed E-state index contributed by atoms with van der Waals surface area (Å²) in [5.41, 5.74) is 6.08. The van der Waals surface area contributed by atoms with Gasteiger partial charge in [-0.05, 0) is 27.7 Å². The number of piperazine rings is 1. The van der Waals surface area contributed by atoms with Crippen molar-refractivity contribution in [1.82, 2.24) is 10.2 Å². The second-order valence-electron chi connectivity index (χ2n) is 4.26. The Morgan fingerprint density at radius 2 is 2.17 bits per heavy atom. The molecule has 1 aliphatic rings. The smallest absolute Gasteiger partial charge is 0.0548 e. The summed E-state index contributed by atoms with van der Waals surface area (Å²) in [6.45, 7) is 10.9. The third-order valence-electron chi connectivity index (χ3n) is 3.09. The van der Waals surface area contributed by atoms with Crippen molar-refractivity contribution in [3.63, 3.8) is 0 Å². The molecule has 0 saturated carbocycles. The molecule has 0 aromatic rings. The first kappa shape index (κ1) is 9.96. The van der Waals surface area contributed by atoms with Crippen LogP contribution in [0.15, 0.2) is 0 Å². The Morgan fingerprint density at radius 3 is 2.58 bits per heavy atom. The van der Waals surface area contributed by atoms with Crippen LogP contribution in [-0.4, -0.2) is 35.7 Å². The highest BCUT2D eigenvalue weighted by Crippen LogP contribution is 2.22.